The van der Waals surface area contributed by atoms with Crippen LogP contribution in [-0.4, -0.2) is 27.6 Å². The lowest BCUT2D eigenvalue weighted by Gasteiger charge is -2.07. The van der Waals surface area contributed by atoms with Crippen LogP contribution in [0.15, 0.2) is 33.6 Å². The number of nitriles is 1. The number of fused-ring (bicyclic) bond motifs is 1. The zero-order valence-electron chi connectivity index (χ0n) is 11.6. The molecule has 112 valence electrons. The Morgan fingerprint density at radius 3 is 3.05 bits per heavy atom. The molecule has 0 bridgehead atoms. The molecule has 0 saturated carbocycles. The fourth-order valence-corrected chi connectivity index (χ4v) is 4.21. The molecule has 3 aromatic rings. The molecule has 1 aromatic carbocycles. The third-order valence-corrected chi connectivity index (χ3v) is 5.43. The molecule has 2 heterocycles. The normalized spacial score (nSPS) is 11.0. The molecule has 0 atom stereocenters. The molecular formula is C14H11ClN4OS2. The van der Waals surface area contributed by atoms with Gasteiger partial charge in [-0.1, -0.05) is 23.7 Å². The second kappa shape index (κ2) is 6.67. The van der Waals surface area contributed by atoms with Crippen LogP contribution in [-0.2, 0) is 11.3 Å². The first-order valence-electron chi connectivity index (χ1n) is 6.42. The molecule has 22 heavy (non-hydrogen) atoms. The van der Waals surface area contributed by atoms with Crippen molar-refractivity contribution in [2.45, 2.75) is 15.9 Å². The highest BCUT2D eigenvalue weighted by molar-refractivity contribution is 8.01. The van der Waals surface area contributed by atoms with Crippen LogP contribution in [0.2, 0.25) is 5.15 Å². The molecule has 0 saturated heterocycles. The second-order valence-electron chi connectivity index (χ2n) is 4.38. The van der Waals surface area contributed by atoms with Gasteiger partial charge in [-0.3, -0.25) is 0 Å². The molecule has 0 aliphatic carbocycles. The number of ether oxygens (including phenoxy) is 1. The van der Waals surface area contributed by atoms with Gasteiger partial charge in [0, 0.05) is 13.7 Å². The Kier molecular flexibility index (Phi) is 4.64. The van der Waals surface area contributed by atoms with Crippen LogP contribution in [0.4, 0.5) is 0 Å². The maximum atomic E-state index is 9.19. The molecule has 0 radical (unpaired) electrons. The number of nitrogens with zero attached hydrogens (tertiary/aromatic N) is 4. The van der Waals surface area contributed by atoms with Crippen molar-refractivity contribution < 1.29 is 4.74 Å². The minimum absolute atomic E-state index is 0.245. The summed E-state index contributed by atoms with van der Waals surface area (Å²) in [5.74, 6) is 0. The summed E-state index contributed by atoms with van der Waals surface area (Å²) in [6, 6.07) is 10.0. The van der Waals surface area contributed by atoms with Crippen molar-refractivity contribution in [2.75, 3.05) is 13.7 Å². The van der Waals surface area contributed by atoms with Crippen LogP contribution >= 0.6 is 34.9 Å². The number of benzene rings is 1. The fraction of sp³-hybridized carbons (Fsp3) is 0.214. The molecular weight excluding hydrogens is 340 g/mol. The number of hydrogen-bond acceptors (Lipinski definition) is 6. The lowest BCUT2D eigenvalue weighted by molar-refractivity contribution is 0.186. The van der Waals surface area contributed by atoms with Crippen LogP contribution in [0.5, 0.6) is 0 Å². The number of para-hydroxylation sites is 2. The van der Waals surface area contributed by atoms with Crippen molar-refractivity contribution >= 4 is 45.9 Å². The van der Waals surface area contributed by atoms with Crippen molar-refractivity contribution in [1.29, 1.82) is 5.26 Å². The number of rotatable bonds is 5. The summed E-state index contributed by atoms with van der Waals surface area (Å²) >= 11 is 8.55. The quantitative estimate of drug-likeness (QED) is 0.700. The van der Waals surface area contributed by atoms with Crippen LogP contribution in [0, 0.1) is 11.3 Å². The third-order valence-electron chi connectivity index (χ3n) is 3.05. The lowest BCUT2D eigenvalue weighted by atomic mass is 10.3. The fourth-order valence-electron chi connectivity index (χ4n) is 2.03. The van der Waals surface area contributed by atoms with E-state index in [1.807, 2.05) is 24.3 Å². The number of methoxy groups -OCH3 is 1. The Morgan fingerprint density at radius 1 is 1.45 bits per heavy atom. The number of aromatic nitrogens is 3. The van der Waals surface area contributed by atoms with Gasteiger partial charge in [0.2, 0.25) is 0 Å². The Morgan fingerprint density at radius 2 is 2.27 bits per heavy atom. The molecule has 0 fully saturated rings. The maximum absolute atomic E-state index is 9.19. The maximum Gasteiger partial charge on any atom is 0.174 e. The van der Waals surface area contributed by atoms with E-state index in [9.17, 15) is 5.26 Å². The van der Waals surface area contributed by atoms with Crippen LogP contribution in [0.25, 0.3) is 11.0 Å². The number of halogens is 1. The predicted molar refractivity (Wildman–Crippen MR) is 87.6 cm³/mol. The first kappa shape index (κ1) is 15.3. The smallest absolute Gasteiger partial charge is 0.174 e. The average molecular weight is 351 g/mol. The molecule has 0 aliphatic rings. The Bertz CT molecular complexity index is 852. The van der Waals surface area contributed by atoms with Gasteiger partial charge in [0.25, 0.3) is 0 Å². The summed E-state index contributed by atoms with van der Waals surface area (Å²) in [7, 11) is 1.67. The molecule has 2 aromatic heterocycles. The number of hydrogen-bond donors (Lipinski definition) is 0. The van der Waals surface area contributed by atoms with E-state index in [-0.39, 0.29) is 5.15 Å². The summed E-state index contributed by atoms with van der Waals surface area (Å²) in [4.78, 5) is 4.64. The molecule has 3 rings (SSSR count). The van der Waals surface area contributed by atoms with E-state index in [1.54, 1.807) is 7.11 Å². The first-order valence-corrected chi connectivity index (χ1v) is 8.38. The first-order chi connectivity index (χ1) is 10.7. The highest BCUT2D eigenvalue weighted by Gasteiger charge is 2.17. The van der Waals surface area contributed by atoms with Gasteiger partial charge in [-0.15, -0.1) is 0 Å². The highest BCUT2D eigenvalue weighted by Crippen LogP contribution is 2.37. The summed E-state index contributed by atoms with van der Waals surface area (Å²) in [5, 5.41) is 10.2. The summed E-state index contributed by atoms with van der Waals surface area (Å²) < 4.78 is 12.0. The Labute approximate surface area is 140 Å². The Hall–Kier alpha value is -1.59. The molecule has 0 aliphatic heterocycles. The largest absolute Gasteiger partial charge is 0.383 e. The van der Waals surface area contributed by atoms with E-state index in [4.69, 9.17) is 16.3 Å². The third kappa shape index (κ3) is 2.83. The van der Waals surface area contributed by atoms with E-state index >= 15 is 0 Å². The van der Waals surface area contributed by atoms with Crippen molar-refractivity contribution in [3.63, 3.8) is 0 Å². The molecule has 0 spiro atoms. The zero-order valence-corrected chi connectivity index (χ0v) is 14.0. The minimum Gasteiger partial charge on any atom is -0.383 e. The highest BCUT2D eigenvalue weighted by atomic mass is 35.5. The van der Waals surface area contributed by atoms with Gasteiger partial charge < -0.3 is 9.30 Å². The van der Waals surface area contributed by atoms with Crippen LogP contribution < -0.4 is 0 Å². The second-order valence-corrected chi connectivity index (χ2v) is 6.74. The molecule has 5 nitrogen and oxygen atoms in total. The SMILES string of the molecule is COCCn1c(Sc2snc(Cl)c2C#N)nc2ccccc21. The molecule has 8 heteroatoms. The minimum atomic E-state index is 0.245. The van der Waals surface area contributed by atoms with Gasteiger partial charge in [-0.05, 0) is 35.4 Å². The molecule has 0 unspecified atom stereocenters. The topological polar surface area (TPSA) is 63.7 Å². The van der Waals surface area contributed by atoms with Gasteiger partial charge in [0.15, 0.2) is 10.3 Å². The summed E-state index contributed by atoms with van der Waals surface area (Å²) in [6.45, 7) is 1.27. The molecule has 0 amide bonds. The van der Waals surface area contributed by atoms with E-state index in [2.05, 4.69) is 20.0 Å². The summed E-state index contributed by atoms with van der Waals surface area (Å²) in [6.07, 6.45) is 0. The van der Waals surface area contributed by atoms with Gasteiger partial charge in [-0.2, -0.15) is 9.64 Å². The van der Waals surface area contributed by atoms with E-state index in [1.165, 1.54) is 23.3 Å². The Balaban J connectivity index is 2.04. The van der Waals surface area contributed by atoms with Crippen LogP contribution in [0.1, 0.15) is 5.56 Å². The van der Waals surface area contributed by atoms with Gasteiger partial charge >= 0.3 is 0 Å². The van der Waals surface area contributed by atoms with Crippen molar-refractivity contribution in [3.05, 3.63) is 35.0 Å². The number of imidazole rings is 1. The summed E-state index contributed by atoms with van der Waals surface area (Å²) in [5.41, 5.74) is 2.36. The van der Waals surface area contributed by atoms with Gasteiger partial charge in [0.1, 0.15) is 15.8 Å². The van der Waals surface area contributed by atoms with Gasteiger partial charge in [0.05, 0.1) is 17.6 Å². The van der Waals surface area contributed by atoms with Crippen molar-refractivity contribution in [1.82, 2.24) is 13.9 Å². The van der Waals surface area contributed by atoms with Gasteiger partial charge in [-0.25, -0.2) is 4.98 Å². The van der Waals surface area contributed by atoms with E-state index in [0.717, 1.165) is 20.4 Å². The standard InChI is InChI=1S/C14H11ClN4OS2/c1-20-7-6-19-11-5-3-2-4-10(11)17-14(19)21-13-9(8-16)12(15)18-22-13/h2-5H,6-7H2,1H3. The monoisotopic (exact) mass is 350 g/mol. The van der Waals surface area contributed by atoms with E-state index in [0.29, 0.717) is 18.7 Å². The van der Waals surface area contributed by atoms with Crippen LogP contribution in [0.3, 0.4) is 0 Å². The van der Waals surface area contributed by atoms with E-state index < -0.39 is 0 Å². The molecule has 0 N–H and O–H groups in total. The van der Waals surface area contributed by atoms with Crippen molar-refractivity contribution in [3.8, 4) is 6.07 Å². The zero-order chi connectivity index (χ0) is 15.5. The lowest BCUT2D eigenvalue weighted by Crippen LogP contribution is -2.05. The van der Waals surface area contributed by atoms with Crippen molar-refractivity contribution in [2.24, 2.45) is 0 Å². The predicted octanol–water partition coefficient (Wildman–Crippen LogP) is 3.82. The average Bonchev–Trinajstić information content (AvgIpc) is 3.05.